The molecule has 0 spiro atoms. The summed E-state index contributed by atoms with van der Waals surface area (Å²) in [5.41, 5.74) is -0.750. The number of aromatic nitrogens is 1. The fourth-order valence-electron chi connectivity index (χ4n) is 1.31. The molecule has 0 atom stereocenters. The number of H-pyrrole nitrogens is 1. The van der Waals surface area contributed by atoms with E-state index < -0.39 is 22.8 Å². The fourth-order valence-corrected chi connectivity index (χ4v) is 1.72. The van der Waals surface area contributed by atoms with Crippen molar-refractivity contribution in [2.75, 3.05) is 13.2 Å². The molecule has 0 amide bonds. The van der Waals surface area contributed by atoms with Crippen LogP contribution < -0.4 is 5.56 Å². The molecule has 1 heterocycles. The van der Waals surface area contributed by atoms with Crippen molar-refractivity contribution in [2.24, 2.45) is 0 Å². The number of rotatable bonds is 5. The van der Waals surface area contributed by atoms with Gasteiger partial charge in [-0.1, -0.05) is 0 Å². The number of pyridine rings is 1. The fraction of sp³-hybridized carbons (Fsp3) is 0.455. The van der Waals surface area contributed by atoms with Crippen LogP contribution >= 0.6 is 15.9 Å². The number of aromatic amines is 1. The Balaban J connectivity index is 3.20. The van der Waals surface area contributed by atoms with Gasteiger partial charge < -0.3 is 19.6 Å². The van der Waals surface area contributed by atoms with E-state index in [-0.39, 0.29) is 17.7 Å². The van der Waals surface area contributed by atoms with Crippen LogP contribution in [0.5, 0.6) is 5.75 Å². The van der Waals surface area contributed by atoms with Crippen molar-refractivity contribution in [3.05, 3.63) is 26.1 Å². The summed E-state index contributed by atoms with van der Waals surface area (Å²) in [7, 11) is 0. The number of aromatic hydroxyl groups is 1. The van der Waals surface area contributed by atoms with E-state index in [0.29, 0.717) is 12.3 Å². The van der Waals surface area contributed by atoms with Crippen molar-refractivity contribution in [1.82, 2.24) is 4.98 Å². The van der Waals surface area contributed by atoms with E-state index in [1.54, 1.807) is 13.8 Å². The largest absolute Gasteiger partial charge is 0.506 e. The van der Waals surface area contributed by atoms with Crippen LogP contribution in [0.1, 0.15) is 29.9 Å². The van der Waals surface area contributed by atoms with Crippen LogP contribution in [0, 0.1) is 0 Å². The summed E-state index contributed by atoms with van der Waals surface area (Å²) in [4.78, 5) is 25.7. The Morgan fingerprint density at radius 3 is 2.61 bits per heavy atom. The maximum Gasteiger partial charge on any atom is 0.347 e. The number of esters is 1. The minimum Gasteiger partial charge on any atom is -0.506 e. The van der Waals surface area contributed by atoms with Gasteiger partial charge in [0.05, 0.1) is 23.4 Å². The Labute approximate surface area is 112 Å². The predicted molar refractivity (Wildman–Crippen MR) is 67.7 cm³/mol. The normalized spacial score (nSPS) is 10.4. The van der Waals surface area contributed by atoms with Crippen LogP contribution in [0.3, 0.4) is 0 Å². The number of halogens is 1. The quantitative estimate of drug-likeness (QED) is 0.804. The highest BCUT2D eigenvalue weighted by Gasteiger charge is 2.22. The molecule has 1 aromatic heterocycles. The van der Waals surface area contributed by atoms with Gasteiger partial charge >= 0.3 is 5.97 Å². The summed E-state index contributed by atoms with van der Waals surface area (Å²) in [6.45, 7) is 4.13. The lowest BCUT2D eigenvalue weighted by Gasteiger charge is -2.09. The van der Waals surface area contributed by atoms with E-state index in [1.165, 1.54) is 0 Å². The predicted octanol–water partition coefficient (Wildman–Crippen LogP) is 1.56. The average molecular weight is 320 g/mol. The summed E-state index contributed by atoms with van der Waals surface area (Å²) in [5.74, 6) is -1.30. The van der Waals surface area contributed by atoms with Crippen molar-refractivity contribution >= 4 is 21.9 Å². The second-order valence-electron chi connectivity index (χ2n) is 3.33. The van der Waals surface area contributed by atoms with Crippen LogP contribution in [-0.2, 0) is 16.1 Å². The molecule has 6 nitrogen and oxygen atoms in total. The molecule has 0 fully saturated rings. The van der Waals surface area contributed by atoms with E-state index in [2.05, 4.69) is 20.9 Å². The number of nitrogens with one attached hydrogen (secondary N) is 1. The molecule has 1 aromatic rings. The third-order valence-corrected chi connectivity index (χ3v) is 2.99. The van der Waals surface area contributed by atoms with Crippen LogP contribution in [0.15, 0.2) is 9.27 Å². The summed E-state index contributed by atoms with van der Waals surface area (Å²) in [5, 5.41) is 9.83. The van der Waals surface area contributed by atoms with E-state index in [9.17, 15) is 14.7 Å². The summed E-state index contributed by atoms with van der Waals surface area (Å²) in [6.07, 6.45) is 0. The Morgan fingerprint density at radius 1 is 1.39 bits per heavy atom. The van der Waals surface area contributed by atoms with Crippen molar-refractivity contribution < 1.29 is 19.4 Å². The van der Waals surface area contributed by atoms with Gasteiger partial charge in [-0.05, 0) is 29.8 Å². The molecule has 0 saturated heterocycles. The average Bonchev–Trinajstić information content (AvgIpc) is 2.32. The Kier molecular flexibility index (Phi) is 5.36. The molecule has 18 heavy (non-hydrogen) atoms. The van der Waals surface area contributed by atoms with Gasteiger partial charge in [0.25, 0.3) is 5.56 Å². The second kappa shape index (κ2) is 6.55. The van der Waals surface area contributed by atoms with Gasteiger partial charge in [0.2, 0.25) is 0 Å². The zero-order valence-corrected chi connectivity index (χ0v) is 11.7. The maximum atomic E-state index is 11.7. The molecule has 7 heteroatoms. The lowest BCUT2D eigenvalue weighted by molar-refractivity contribution is 0.0520. The summed E-state index contributed by atoms with van der Waals surface area (Å²) in [6, 6.07) is 0. The van der Waals surface area contributed by atoms with E-state index in [0.717, 1.165) is 0 Å². The van der Waals surface area contributed by atoms with E-state index in [4.69, 9.17) is 9.47 Å². The smallest absolute Gasteiger partial charge is 0.347 e. The first-order chi connectivity index (χ1) is 8.52. The number of carbonyl (C=O) groups excluding carboxylic acids is 1. The first-order valence-corrected chi connectivity index (χ1v) is 6.20. The molecule has 0 radical (unpaired) electrons. The first-order valence-electron chi connectivity index (χ1n) is 5.41. The van der Waals surface area contributed by atoms with Gasteiger partial charge in [0.1, 0.15) is 0 Å². The molecule has 0 aromatic carbocycles. The van der Waals surface area contributed by atoms with Gasteiger partial charge in [-0.15, -0.1) is 0 Å². The lowest BCUT2D eigenvalue weighted by atomic mass is 10.2. The Bertz CT molecular complexity index is 497. The first kappa shape index (κ1) is 14.7. The third-order valence-electron chi connectivity index (χ3n) is 2.13. The highest BCUT2D eigenvalue weighted by atomic mass is 79.9. The molecule has 0 bridgehead atoms. The summed E-state index contributed by atoms with van der Waals surface area (Å²) < 4.78 is 10.0. The zero-order chi connectivity index (χ0) is 13.7. The molecule has 0 aliphatic carbocycles. The molecule has 2 N–H and O–H groups in total. The SMILES string of the molecule is CCOCc1[nH]c(=O)c(C(=O)OCC)c(O)c1Br. The molecule has 1 rings (SSSR count). The monoisotopic (exact) mass is 319 g/mol. The zero-order valence-electron chi connectivity index (χ0n) is 10.1. The van der Waals surface area contributed by atoms with Crippen molar-refractivity contribution in [3.8, 4) is 5.75 Å². The van der Waals surface area contributed by atoms with Crippen LogP contribution in [0.25, 0.3) is 0 Å². The molecular weight excluding hydrogens is 306 g/mol. The Hall–Kier alpha value is -1.34. The highest BCUT2D eigenvalue weighted by Crippen LogP contribution is 2.28. The molecular formula is C11H14BrNO5. The number of carbonyl (C=O) groups is 1. The van der Waals surface area contributed by atoms with Crippen LogP contribution in [0.2, 0.25) is 0 Å². The second-order valence-corrected chi connectivity index (χ2v) is 4.12. The minimum absolute atomic E-state index is 0.121. The lowest BCUT2D eigenvalue weighted by Crippen LogP contribution is -2.22. The van der Waals surface area contributed by atoms with E-state index in [1.807, 2.05) is 0 Å². The van der Waals surface area contributed by atoms with Gasteiger partial charge in [0, 0.05) is 6.61 Å². The van der Waals surface area contributed by atoms with Gasteiger partial charge in [0.15, 0.2) is 11.3 Å². The number of ether oxygens (including phenoxy) is 2. The Morgan fingerprint density at radius 2 is 2.06 bits per heavy atom. The summed E-state index contributed by atoms with van der Waals surface area (Å²) >= 11 is 3.11. The van der Waals surface area contributed by atoms with Crippen LogP contribution in [0.4, 0.5) is 0 Å². The molecule has 100 valence electrons. The topological polar surface area (TPSA) is 88.6 Å². The van der Waals surface area contributed by atoms with Gasteiger partial charge in [-0.25, -0.2) is 4.79 Å². The molecule has 0 aliphatic heterocycles. The van der Waals surface area contributed by atoms with Crippen molar-refractivity contribution in [2.45, 2.75) is 20.5 Å². The molecule has 0 unspecified atom stereocenters. The minimum atomic E-state index is -0.861. The highest BCUT2D eigenvalue weighted by molar-refractivity contribution is 9.10. The third kappa shape index (κ3) is 3.11. The van der Waals surface area contributed by atoms with Crippen molar-refractivity contribution in [3.63, 3.8) is 0 Å². The van der Waals surface area contributed by atoms with Gasteiger partial charge in [-0.2, -0.15) is 0 Å². The van der Waals surface area contributed by atoms with Crippen molar-refractivity contribution in [1.29, 1.82) is 0 Å². The van der Waals surface area contributed by atoms with E-state index >= 15 is 0 Å². The maximum absolute atomic E-state index is 11.7. The number of hydrogen-bond acceptors (Lipinski definition) is 5. The molecule has 0 saturated carbocycles. The molecule has 0 aliphatic rings. The van der Waals surface area contributed by atoms with Crippen LogP contribution in [-0.4, -0.2) is 29.3 Å². The standard InChI is InChI=1S/C11H14BrNO5/c1-3-17-5-6-8(12)9(14)7(10(15)13-6)11(16)18-4-2/h3-5H2,1-2H3,(H2,13,14,15). The number of hydrogen-bond donors (Lipinski definition) is 2. The van der Waals surface area contributed by atoms with Gasteiger partial charge in [-0.3, -0.25) is 4.79 Å².